The molecule has 3 rings (SSSR count). The summed E-state index contributed by atoms with van der Waals surface area (Å²) in [6.07, 6.45) is 2.68. The van der Waals surface area contributed by atoms with Crippen LogP contribution in [-0.2, 0) is 13.1 Å². The lowest BCUT2D eigenvalue weighted by Gasteiger charge is -2.08. The average Bonchev–Trinajstić information content (AvgIpc) is 2.86. The van der Waals surface area contributed by atoms with Crippen LogP contribution in [0.2, 0.25) is 0 Å². The van der Waals surface area contributed by atoms with E-state index < -0.39 is 0 Å². The van der Waals surface area contributed by atoms with Gasteiger partial charge in [0, 0.05) is 24.8 Å². The number of halogens is 1. The van der Waals surface area contributed by atoms with Gasteiger partial charge in [-0.1, -0.05) is 6.92 Å². The summed E-state index contributed by atoms with van der Waals surface area (Å²) in [4.78, 5) is 8.85. The SMILES string of the molecule is CCCn1c(-c2ccnc(CN)c2)nc2ccc(F)cc21. The molecule has 0 atom stereocenters. The number of rotatable bonds is 4. The van der Waals surface area contributed by atoms with Crippen LogP contribution >= 0.6 is 0 Å². The van der Waals surface area contributed by atoms with Crippen molar-refractivity contribution in [1.29, 1.82) is 0 Å². The van der Waals surface area contributed by atoms with Gasteiger partial charge in [0.15, 0.2) is 0 Å². The van der Waals surface area contributed by atoms with Crippen molar-refractivity contribution in [3.63, 3.8) is 0 Å². The van der Waals surface area contributed by atoms with E-state index in [4.69, 9.17) is 5.73 Å². The summed E-state index contributed by atoms with van der Waals surface area (Å²) in [6.45, 7) is 3.26. The van der Waals surface area contributed by atoms with Crippen LogP contribution < -0.4 is 5.73 Å². The van der Waals surface area contributed by atoms with E-state index in [-0.39, 0.29) is 5.82 Å². The van der Waals surface area contributed by atoms with Crippen LogP contribution in [-0.4, -0.2) is 14.5 Å². The van der Waals surface area contributed by atoms with Gasteiger partial charge in [0.25, 0.3) is 0 Å². The number of aromatic nitrogens is 3. The molecular weight excluding hydrogens is 267 g/mol. The molecule has 0 aliphatic carbocycles. The highest BCUT2D eigenvalue weighted by Crippen LogP contribution is 2.26. The maximum absolute atomic E-state index is 13.5. The van der Waals surface area contributed by atoms with E-state index in [1.807, 2.05) is 16.7 Å². The zero-order chi connectivity index (χ0) is 14.8. The molecule has 1 aromatic carbocycles. The van der Waals surface area contributed by atoms with E-state index in [0.717, 1.165) is 41.1 Å². The fraction of sp³-hybridized carbons (Fsp3) is 0.250. The highest BCUT2D eigenvalue weighted by atomic mass is 19.1. The third-order valence-corrected chi connectivity index (χ3v) is 3.44. The number of nitrogens with two attached hydrogens (primary N) is 1. The fourth-order valence-electron chi connectivity index (χ4n) is 2.50. The first kappa shape index (κ1) is 13.7. The third kappa shape index (κ3) is 2.52. The number of fused-ring (bicyclic) bond motifs is 1. The molecule has 0 bridgehead atoms. The Kier molecular flexibility index (Phi) is 3.66. The summed E-state index contributed by atoms with van der Waals surface area (Å²) >= 11 is 0. The predicted molar refractivity (Wildman–Crippen MR) is 81.1 cm³/mol. The average molecular weight is 284 g/mol. The molecule has 2 aromatic heterocycles. The molecule has 0 saturated heterocycles. The molecule has 0 fully saturated rings. The van der Waals surface area contributed by atoms with Gasteiger partial charge < -0.3 is 10.3 Å². The molecule has 0 saturated carbocycles. The summed E-state index contributed by atoms with van der Waals surface area (Å²) in [5.41, 5.74) is 9.03. The van der Waals surface area contributed by atoms with E-state index >= 15 is 0 Å². The van der Waals surface area contributed by atoms with Crippen molar-refractivity contribution >= 4 is 11.0 Å². The second-order valence-electron chi connectivity index (χ2n) is 4.96. The largest absolute Gasteiger partial charge is 0.325 e. The van der Waals surface area contributed by atoms with Crippen molar-refractivity contribution in [1.82, 2.24) is 14.5 Å². The van der Waals surface area contributed by atoms with E-state index in [9.17, 15) is 4.39 Å². The van der Waals surface area contributed by atoms with Crippen molar-refractivity contribution in [3.05, 3.63) is 48.0 Å². The van der Waals surface area contributed by atoms with Crippen molar-refractivity contribution in [2.24, 2.45) is 5.73 Å². The van der Waals surface area contributed by atoms with Gasteiger partial charge in [-0.05, 0) is 36.8 Å². The highest BCUT2D eigenvalue weighted by Gasteiger charge is 2.13. The van der Waals surface area contributed by atoms with E-state index in [0.29, 0.717) is 6.54 Å². The van der Waals surface area contributed by atoms with E-state index in [1.165, 1.54) is 12.1 Å². The Morgan fingerprint density at radius 3 is 2.86 bits per heavy atom. The normalized spacial score (nSPS) is 11.2. The van der Waals surface area contributed by atoms with Crippen LogP contribution in [0.15, 0.2) is 36.5 Å². The number of imidazole rings is 1. The Morgan fingerprint density at radius 1 is 1.24 bits per heavy atom. The number of nitrogens with zero attached hydrogens (tertiary/aromatic N) is 3. The van der Waals surface area contributed by atoms with Gasteiger partial charge in [0.05, 0.1) is 16.7 Å². The van der Waals surface area contributed by atoms with Gasteiger partial charge >= 0.3 is 0 Å². The van der Waals surface area contributed by atoms with E-state index in [1.54, 1.807) is 12.3 Å². The molecule has 108 valence electrons. The van der Waals surface area contributed by atoms with Crippen molar-refractivity contribution in [3.8, 4) is 11.4 Å². The lowest BCUT2D eigenvalue weighted by molar-refractivity contribution is 0.627. The first-order valence-electron chi connectivity index (χ1n) is 7.04. The molecule has 0 unspecified atom stereocenters. The highest BCUT2D eigenvalue weighted by molar-refractivity contribution is 5.80. The van der Waals surface area contributed by atoms with Gasteiger partial charge in [-0.3, -0.25) is 4.98 Å². The molecule has 0 aliphatic heterocycles. The van der Waals surface area contributed by atoms with Gasteiger partial charge in [0.1, 0.15) is 11.6 Å². The number of hydrogen-bond donors (Lipinski definition) is 1. The Bertz CT molecular complexity index is 779. The third-order valence-electron chi connectivity index (χ3n) is 3.44. The second kappa shape index (κ2) is 5.61. The lowest BCUT2D eigenvalue weighted by Crippen LogP contribution is -2.02. The summed E-state index contributed by atoms with van der Waals surface area (Å²) < 4.78 is 15.6. The van der Waals surface area contributed by atoms with E-state index in [2.05, 4.69) is 16.9 Å². The fourth-order valence-corrected chi connectivity index (χ4v) is 2.50. The maximum atomic E-state index is 13.5. The number of pyridine rings is 1. The Labute approximate surface area is 122 Å². The minimum Gasteiger partial charge on any atom is -0.325 e. The topological polar surface area (TPSA) is 56.7 Å². The monoisotopic (exact) mass is 284 g/mol. The Balaban J connectivity index is 2.22. The number of benzene rings is 1. The summed E-state index contributed by atoms with van der Waals surface area (Å²) in [5.74, 6) is 0.582. The molecule has 3 aromatic rings. The zero-order valence-corrected chi connectivity index (χ0v) is 11.9. The first-order chi connectivity index (χ1) is 10.2. The van der Waals surface area contributed by atoms with Crippen LogP contribution in [0.25, 0.3) is 22.4 Å². The summed E-state index contributed by atoms with van der Waals surface area (Å²) in [7, 11) is 0. The van der Waals surface area contributed by atoms with Crippen molar-refractivity contribution in [2.75, 3.05) is 0 Å². The van der Waals surface area contributed by atoms with Crippen LogP contribution in [0.5, 0.6) is 0 Å². The smallest absolute Gasteiger partial charge is 0.141 e. The molecular formula is C16H17FN4. The summed E-state index contributed by atoms with van der Waals surface area (Å²) in [5, 5.41) is 0. The molecule has 0 amide bonds. The Morgan fingerprint density at radius 2 is 2.10 bits per heavy atom. The second-order valence-corrected chi connectivity index (χ2v) is 4.96. The molecule has 0 spiro atoms. The number of hydrogen-bond acceptors (Lipinski definition) is 3. The quantitative estimate of drug-likeness (QED) is 0.801. The van der Waals surface area contributed by atoms with Crippen LogP contribution in [0.1, 0.15) is 19.0 Å². The maximum Gasteiger partial charge on any atom is 0.141 e. The minimum absolute atomic E-state index is 0.247. The van der Waals surface area contributed by atoms with Gasteiger partial charge in [0.2, 0.25) is 0 Å². The predicted octanol–water partition coefficient (Wildman–Crippen LogP) is 3.11. The van der Waals surface area contributed by atoms with Gasteiger partial charge in [-0.2, -0.15) is 0 Å². The Hall–Kier alpha value is -2.27. The molecule has 2 heterocycles. The molecule has 4 nitrogen and oxygen atoms in total. The number of aryl methyl sites for hydroxylation is 1. The molecule has 21 heavy (non-hydrogen) atoms. The molecule has 0 aliphatic rings. The van der Waals surface area contributed by atoms with Crippen LogP contribution in [0, 0.1) is 5.82 Å². The summed E-state index contributed by atoms with van der Waals surface area (Å²) in [6, 6.07) is 8.53. The molecule has 2 N–H and O–H groups in total. The molecule has 5 heteroatoms. The van der Waals surface area contributed by atoms with Crippen LogP contribution in [0.3, 0.4) is 0 Å². The molecule has 0 radical (unpaired) electrons. The van der Waals surface area contributed by atoms with Gasteiger partial charge in [-0.25, -0.2) is 9.37 Å². The van der Waals surface area contributed by atoms with Crippen molar-refractivity contribution in [2.45, 2.75) is 26.4 Å². The zero-order valence-electron chi connectivity index (χ0n) is 11.9. The minimum atomic E-state index is -0.247. The van der Waals surface area contributed by atoms with Crippen LogP contribution in [0.4, 0.5) is 4.39 Å². The van der Waals surface area contributed by atoms with Crippen molar-refractivity contribution < 1.29 is 4.39 Å². The lowest BCUT2D eigenvalue weighted by atomic mass is 10.2. The standard InChI is InChI=1S/C16H17FN4/c1-2-7-21-15-9-12(17)3-4-14(15)20-16(21)11-5-6-19-13(8-11)10-18/h3-6,8-9H,2,7,10,18H2,1H3. The first-order valence-corrected chi connectivity index (χ1v) is 7.04. The van der Waals surface area contributed by atoms with Gasteiger partial charge in [-0.15, -0.1) is 0 Å².